The molecule has 2 aromatic carbocycles. The Bertz CT molecular complexity index is 814. The van der Waals surface area contributed by atoms with Crippen LogP contribution in [0.2, 0.25) is 5.02 Å². The van der Waals surface area contributed by atoms with Gasteiger partial charge < -0.3 is 15.0 Å². The second-order valence-corrected chi connectivity index (χ2v) is 7.60. The van der Waals surface area contributed by atoms with Crippen molar-refractivity contribution in [1.29, 1.82) is 0 Å². The second kappa shape index (κ2) is 10.2. The predicted octanol–water partition coefficient (Wildman–Crippen LogP) is 4.32. The van der Waals surface area contributed by atoms with Crippen LogP contribution in [0.4, 0.5) is 10.1 Å². The maximum Gasteiger partial charge on any atom is 0.173 e. The number of benzene rings is 2. The number of halogens is 2. The summed E-state index contributed by atoms with van der Waals surface area (Å²) in [6, 6.07) is 12.5. The first kappa shape index (κ1) is 21.0. The fraction of sp³-hybridized carbons (Fsp3) is 0.381. The molecule has 4 nitrogen and oxygen atoms in total. The highest BCUT2D eigenvalue weighted by Crippen LogP contribution is 2.23. The third-order valence-electron chi connectivity index (χ3n) is 4.91. The molecular formula is C21H25ClFN3OS. The van der Waals surface area contributed by atoms with E-state index in [0.717, 1.165) is 44.1 Å². The molecule has 2 aromatic rings. The molecule has 0 amide bonds. The summed E-state index contributed by atoms with van der Waals surface area (Å²) in [5.41, 5.74) is 2.42. The highest BCUT2D eigenvalue weighted by Gasteiger charge is 2.17. The molecule has 1 fully saturated rings. The van der Waals surface area contributed by atoms with Gasteiger partial charge in [0.1, 0.15) is 5.82 Å². The molecule has 150 valence electrons. The van der Waals surface area contributed by atoms with Crippen molar-refractivity contribution in [2.24, 2.45) is 0 Å². The van der Waals surface area contributed by atoms with Crippen LogP contribution in [-0.4, -0.2) is 54.3 Å². The van der Waals surface area contributed by atoms with E-state index in [1.165, 1.54) is 6.07 Å². The van der Waals surface area contributed by atoms with Crippen molar-refractivity contribution in [2.45, 2.75) is 13.5 Å². The monoisotopic (exact) mass is 421 g/mol. The molecule has 0 radical (unpaired) electrons. The van der Waals surface area contributed by atoms with Crippen LogP contribution < -0.4 is 5.32 Å². The zero-order valence-electron chi connectivity index (χ0n) is 16.0. The van der Waals surface area contributed by atoms with E-state index in [4.69, 9.17) is 28.6 Å². The quantitative estimate of drug-likeness (QED) is 0.701. The van der Waals surface area contributed by atoms with Gasteiger partial charge in [-0.3, -0.25) is 4.90 Å². The van der Waals surface area contributed by atoms with Gasteiger partial charge in [-0.15, -0.1) is 0 Å². The molecule has 0 aliphatic carbocycles. The summed E-state index contributed by atoms with van der Waals surface area (Å²) < 4.78 is 19.6. The maximum atomic E-state index is 14.2. The summed E-state index contributed by atoms with van der Waals surface area (Å²) in [6.07, 6.45) is 0. The van der Waals surface area contributed by atoms with Crippen molar-refractivity contribution >= 4 is 34.6 Å². The third kappa shape index (κ3) is 5.64. The normalized spacial score (nSPS) is 14.7. The van der Waals surface area contributed by atoms with Crippen LogP contribution in [0.1, 0.15) is 11.1 Å². The van der Waals surface area contributed by atoms with Gasteiger partial charge in [0.05, 0.1) is 13.2 Å². The van der Waals surface area contributed by atoms with E-state index in [1.807, 2.05) is 36.1 Å². The Balaban J connectivity index is 1.72. The van der Waals surface area contributed by atoms with Crippen LogP contribution in [0.5, 0.6) is 0 Å². The minimum Gasteiger partial charge on any atom is -0.379 e. The average Bonchev–Trinajstić information content (AvgIpc) is 2.70. The number of thiocarbonyl (C=S) groups is 1. The Labute approximate surface area is 176 Å². The molecular weight excluding hydrogens is 397 g/mol. The molecule has 0 saturated carbocycles. The van der Waals surface area contributed by atoms with Crippen LogP contribution in [0.25, 0.3) is 0 Å². The summed E-state index contributed by atoms with van der Waals surface area (Å²) in [6.45, 7) is 7.19. The van der Waals surface area contributed by atoms with E-state index in [1.54, 1.807) is 12.1 Å². The first-order chi connectivity index (χ1) is 13.5. The molecule has 1 N–H and O–H groups in total. The van der Waals surface area contributed by atoms with Crippen LogP contribution in [0.15, 0.2) is 42.5 Å². The van der Waals surface area contributed by atoms with E-state index < -0.39 is 0 Å². The molecule has 1 aliphatic rings. The fourth-order valence-electron chi connectivity index (χ4n) is 3.11. The van der Waals surface area contributed by atoms with Crippen molar-refractivity contribution in [3.05, 3.63) is 64.4 Å². The lowest BCUT2D eigenvalue weighted by molar-refractivity contribution is 0.0358. The number of nitrogens with zero attached hydrogens (tertiary/aromatic N) is 2. The fourth-order valence-corrected chi connectivity index (χ4v) is 3.55. The highest BCUT2D eigenvalue weighted by atomic mass is 35.5. The summed E-state index contributed by atoms with van der Waals surface area (Å²) in [7, 11) is 0. The number of nitrogens with one attached hydrogen (secondary N) is 1. The van der Waals surface area contributed by atoms with Gasteiger partial charge in [0.25, 0.3) is 0 Å². The molecule has 7 heteroatoms. The molecule has 1 aliphatic heterocycles. The average molecular weight is 422 g/mol. The molecule has 0 unspecified atom stereocenters. The van der Waals surface area contributed by atoms with Gasteiger partial charge >= 0.3 is 0 Å². The predicted molar refractivity (Wildman–Crippen MR) is 116 cm³/mol. The smallest absolute Gasteiger partial charge is 0.173 e. The first-order valence-electron chi connectivity index (χ1n) is 9.39. The Morgan fingerprint density at radius 1 is 1.21 bits per heavy atom. The Morgan fingerprint density at radius 2 is 1.96 bits per heavy atom. The summed E-state index contributed by atoms with van der Waals surface area (Å²) in [5, 5.41) is 4.53. The molecule has 0 bridgehead atoms. The Morgan fingerprint density at radius 3 is 2.71 bits per heavy atom. The van der Waals surface area contributed by atoms with Gasteiger partial charge in [0.2, 0.25) is 0 Å². The van der Waals surface area contributed by atoms with Gasteiger partial charge in [-0.2, -0.15) is 0 Å². The van der Waals surface area contributed by atoms with Crippen molar-refractivity contribution < 1.29 is 9.13 Å². The summed E-state index contributed by atoms with van der Waals surface area (Å²) in [5.74, 6) is -0.222. The largest absolute Gasteiger partial charge is 0.379 e. The lowest BCUT2D eigenvalue weighted by Gasteiger charge is -2.31. The van der Waals surface area contributed by atoms with Crippen molar-refractivity contribution in [3.8, 4) is 0 Å². The SMILES string of the molecule is Cc1c(Cl)cccc1NC(=S)N(CCN1CCOCC1)Cc1ccccc1F. The molecule has 0 spiro atoms. The molecule has 0 aromatic heterocycles. The van der Waals surface area contributed by atoms with Crippen LogP contribution >= 0.6 is 23.8 Å². The Kier molecular flexibility index (Phi) is 7.62. The van der Waals surface area contributed by atoms with Gasteiger partial charge in [-0.05, 0) is 42.9 Å². The van der Waals surface area contributed by atoms with Crippen LogP contribution in [0, 0.1) is 12.7 Å². The molecule has 0 atom stereocenters. The first-order valence-corrected chi connectivity index (χ1v) is 10.2. The van der Waals surface area contributed by atoms with Crippen molar-refractivity contribution in [1.82, 2.24) is 9.80 Å². The Hall–Kier alpha value is -1.73. The van der Waals surface area contributed by atoms with E-state index in [2.05, 4.69) is 10.2 Å². The number of ether oxygens (including phenoxy) is 1. The van der Waals surface area contributed by atoms with Crippen LogP contribution in [-0.2, 0) is 11.3 Å². The molecule has 28 heavy (non-hydrogen) atoms. The standard InChI is InChI=1S/C21H25ClFN3OS/c1-16-18(22)6-4-8-20(16)24-21(28)26(10-9-25-11-13-27-14-12-25)15-17-5-2-3-7-19(17)23/h2-8H,9-15H2,1H3,(H,24,28). The summed E-state index contributed by atoms with van der Waals surface area (Å²) >= 11 is 11.9. The number of anilines is 1. The minimum absolute atomic E-state index is 0.222. The molecule has 1 heterocycles. The van der Waals surface area contributed by atoms with Gasteiger partial charge in [-0.1, -0.05) is 35.9 Å². The topological polar surface area (TPSA) is 27.7 Å². The van der Waals surface area contributed by atoms with Gasteiger partial charge in [-0.25, -0.2) is 4.39 Å². The zero-order chi connectivity index (χ0) is 19.9. The van der Waals surface area contributed by atoms with E-state index in [-0.39, 0.29) is 5.82 Å². The second-order valence-electron chi connectivity index (χ2n) is 6.81. The lowest BCUT2D eigenvalue weighted by atomic mass is 10.2. The highest BCUT2D eigenvalue weighted by molar-refractivity contribution is 7.80. The minimum atomic E-state index is -0.222. The summed E-state index contributed by atoms with van der Waals surface area (Å²) in [4.78, 5) is 4.34. The zero-order valence-corrected chi connectivity index (χ0v) is 17.5. The number of morpholine rings is 1. The molecule has 1 saturated heterocycles. The molecule has 3 rings (SSSR count). The number of hydrogen-bond acceptors (Lipinski definition) is 3. The number of rotatable bonds is 6. The maximum absolute atomic E-state index is 14.2. The lowest BCUT2D eigenvalue weighted by Crippen LogP contribution is -2.44. The van der Waals surface area contributed by atoms with Gasteiger partial charge in [0.15, 0.2) is 5.11 Å². The van der Waals surface area contributed by atoms with Crippen LogP contribution in [0.3, 0.4) is 0 Å². The van der Waals surface area contributed by atoms with E-state index >= 15 is 0 Å². The van der Waals surface area contributed by atoms with Crippen molar-refractivity contribution in [2.75, 3.05) is 44.7 Å². The van der Waals surface area contributed by atoms with E-state index in [9.17, 15) is 4.39 Å². The van der Waals surface area contributed by atoms with Crippen molar-refractivity contribution in [3.63, 3.8) is 0 Å². The third-order valence-corrected chi connectivity index (χ3v) is 5.68. The van der Waals surface area contributed by atoms with Gasteiger partial charge in [0, 0.05) is 49.0 Å². The van der Waals surface area contributed by atoms with E-state index in [0.29, 0.717) is 28.8 Å². The number of hydrogen-bond donors (Lipinski definition) is 1.